The molecular formula is C5H12I2. The lowest BCUT2D eigenvalue weighted by molar-refractivity contribution is 0.772. The van der Waals surface area contributed by atoms with Crippen molar-refractivity contribution in [2.75, 3.05) is 0 Å². The minimum Gasteiger partial charge on any atom is -0.0654 e. The molecule has 0 spiro atoms. The fourth-order valence-corrected chi connectivity index (χ4v) is 0.354. The minimum absolute atomic E-state index is 1.34. The van der Waals surface area contributed by atoms with Crippen LogP contribution in [0.2, 0.25) is 0 Å². The summed E-state index contributed by atoms with van der Waals surface area (Å²) in [5.74, 6) is 0. The van der Waals surface area contributed by atoms with Crippen LogP contribution in [0.25, 0.3) is 0 Å². The van der Waals surface area contributed by atoms with Crippen molar-refractivity contribution >= 4 is 37.2 Å². The van der Waals surface area contributed by atoms with E-state index in [2.05, 4.69) is 51.1 Å². The topological polar surface area (TPSA) is 0 Å². The zero-order valence-corrected chi connectivity index (χ0v) is 9.19. The van der Waals surface area contributed by atoms with Crippen LogP contribution >= 0.6 is 37.2 Å². The Morgan fingerprint density at radius 1 is 1.00 bits per heavy atom. The van der Waals surface area contributed by atoms with Gasteiger partial charge in [0.1, 0.15) is 0 Å². The van der Waals surface area contributed by atoms with Gasteiger partial charge >= 0.3 is 0 Å². The maximum atomic E-state index is 2.21. The predicted molar refractivity (Wildman–Crippen MR) is 53.2 cm³/mol. The molecule has 0 amide bonds. The summed E-state index contributed by atoms with van der Waals surface area (Å²) in [6.45, 7) is 4.42. The summed E-state index contributed by atoms with van der Waals surface area (Å²) < 4.78 is 0. The van der Waals surface area contributed by atoms with Crippen molar-refractivity contribution in [1.29, 1.82) is 0 Å². The molecule has 2 heteroatoms. The lowest BCUT2D eigenvalue weighted by Crippen LogP contribution is -1.59. The summed E-state index contributed by atoms with van der Waals surface area (Å²) in [7, 11) is 0. The summed E-state index contributed by atoms with van der Waals surface area (Å²) >= 11 is 4.24. The second-order valence-corrected chi connectivity index (χ2v) is 1.35. The molecule has 0 N–H and O–H groups in total. The smallest absolute Gasteiger partial charge is 0 e. The Morgan fingerprint density at radius 2 is 1.29 bits per heavy atom. The van der Waals surface area contributed by atoms with E-state index < -0.39 is 0 Å². The third kappa shape index (κ3) is 18.6. The van der Waals surface area contributed by atoms with Gasteiger partial charge in [0.25, 0.3) is 0 Å². The number of hydrogen-bond acceptors (Lipinski definition) is 0. The highest BCUT2D eigenvalue weighted by Gasteiger charge is 1.68. The first kappa shape index (κ1) is 11.3. The minimum atomic E-state index is 1.34. The molecule has 0 aromatic carbocycles. The van der Waals surface area contributed by atoms with Crippen LogP contribution in [0.15, 0.2) is 0 Å². The van der Waals surface area contributed by atoms with E-state index in [0.29, 0.717) is 0 Å². The first-order chi connectivity index (χ1) is 3.41. The molecule has 0 fully saturated rings. The molecule has 0 aliphatic heterocycles. The van der Waals surface area contributed by atoms with Crippen molar-refractivity contribution < 1.29 is 0 Å². The molecule has 0 bridgehead atoms. The highest BCUT2D eigenvalue weighted by atomic mass is 128. The van der Waals surface area contributed by atoms with E-state index in [-0.39, 0.29) is 0 Å². The number of hydrogen-bond donors (Lipinski definition) is 0. The third-order valence-corrected chi connectivity index (χ3v) is 0.707. The van der Waals surface area contributed by atoms with Gasteiger partial charge in [-0.15, -0.1) is 0 Å². The van der Waals surface area contributed by atoms with Gasteiger partial charge in [0.15, 0.2) is 0 Å². The molecule has 0 unspecified atom stereocenters. The van der Waals surface area contributed by atoms with Crippen molar-refractivity contribution in [3.63, 3.8) is 0 Å². The standard InChI is InChI=1S/C5H12.I2/c1-3-5-4-2;1-2/h3-5H2,1-2H3;. The Kier molecular flexibility index (Phi) is 25.2. The molecule has 0 atom stereocenters. The van der Waals surface area contributed by atoms with Crippen LogP contribution in [0.3, 0.4) is 0 Å². The quantitative estimate of drug-likeness (QED) is 0.674. The van der Waals surface area contributed by atoms with Crippen LogP contribution in [-0.2, 0) is 0 Å². The molecule has 0 aromatic rings. The fourth-order valence-electron chi connectivity index (χ4n) is 0.354. The Bertz CT molecular complexity index is 13.6. The lowest BCUT2D eigenvalue weighted by Gasteiger charge is -1.79. The Balaban J connectivity index is 0. The molecule has 7 heavy (non-hydrogen) atoms. The third-order valence-electron chi connectivity index (χ3n) is 0.707. The van der Waals surface area contributed by atoms with Gasteiger partial charge in [-0.25, -0.2) is 0 Å². The van der Waals surface area contributed by atoms with Gasteiger partial charge in [-0.3, -0.25) is 0 Å². The number of rotatable bonds is 2. The summed E-state index contributed by atoms with van der Waals surface area (Å²) in [5, 5.41) is 0. The van der Waals surface area contributed by atoms with Crippen LogP contribution in [-0.4, -0.2) is 0 Å². The molecule has 0 aliphatic carbocycles. The normalized spacial score (nSPS) is 6.86. The van der Waals surface area contributed by atoms with Crippen LogP contribution in [0.1, 0.15) is 33.1 Å². The molecule has 0 saturated carbocycles. The second kappa shape index (κ2) is 15.7. The fraction of sp³-hybridized carbons (Fsp3) is 1.00. The highest BCUT2D eigenvalue weighted by molar-refractivity contribution is 15.0. The van der Waals surface area contributed by atoms with Crippen molar-refractivity contribution in [2.24, 2.45) is 0 Å². The monoisotopic (exact) mass is 326 g/mol. The number of halogens is 2. The van der Waals surface area contributed by atoms with Gasteiger partial charge in [0.2, 0.25) is 0 Å². The van der Waals surface area contributed by atoms with Crippen molar-refractivity contribution in [2.45, 2.75) is 33.1 Å². The zero-order valence-electron chi connectivity index (χ0n) is 4.88. The van der Waals surface area contributed by atoms with Gasteiger partial charge in [-0.2, -0.15) is 0 Å². The van der Waals surface area contributed by atoms with Crippen LogP contribution < -0.4 is 0 Å². The predicted octanol–water partition coefficient (Wildman–Crippen LogP) is 3.97. The first-order valence-electron chi connectivity index (χ1n) is 2.56. The summed E-state index contributed by atoms with van der Waals surface area (Å²) in [6, 6.07) is 0. The zero-order chi connectivity index (χ0) is 6.12. The van der Waals surface area contributed by atoms with Crippen LogP contribution in [0, 0.1) is 0 Å². The molecular weight excluding hydrogens is 314 g/mol. The summed E-state index contributed by atoms with van der Waals surface area (Å²) in [5.41, 5.74) is 0. The average molecular weight is 326 g/mol. The van der Waals surface area contributed by atoms with Crippen LogP contribution in [0.5, 0.6) is 0 Å². The molecule has 0 saturated heterocycles. The largest absolute Gasteiger partial charge is 0.0654 e. The van der Waals surface area contributed by atoms with Gasteiger partial charge in [0, 0.05) is 37.2 Å². The Hall–Kier alpha value is 1.46. The molecule has 0 aromatic heterocycles. The van der Waals surface area contributed by atoms with E-state index in [1.807, 2.05) is 0 Å². The van der Waals surface area contributed by atoms with Gasteiger partial charge in [-0.05, 0) is 0 Å². The van der Waals surface area contributed by atoms with E-state index >= 15 is 0 Å². The molecule has 0 radical (unpaired) electrons. The maximum absolute atomic E-state index is 2.21. The molecule has 46 valence electrons. The maximum Gasteiger partial charge on any atom is 0 e. The summed E-state index contributed by atoms with van der Waals surface area (Å²) in [4.78, 5) is 0. The van der Waals surface area contributed by atoms with Crippen LogP contribution in [0.4, 0.5) is 0 Å². The summed E-state index contributed by atoms with van der Waals surface area (Å²) in [6.07, 6.45) is 4.08. The molecule has 0 heterocycles. The van der Waals surface area contributed by atoms with Crippen molar-refractivity contribution in [3.05, 3.63) is 0 Å². The SMILES string of the molecule is CCCCC.II. The van der Waals surface area contributed by atoms with Gasteiger partial charge in [0.05, 0.1) is 0 Å². The molecule has 0 rings (SSSR count). The Morgan fingerprint density at radius 3 is 1.29 bits per heavy atom. The Labute approximate surface area is 69.8 Å². The average Bonchev–Trinajstić information content (AvgIpc) is 1.75. The van der Waals surface area contributed by atoms with Gasteiger partial charge in [-0.1, -0.05) is 33.1 Å². The number of unbranched alkanes of at least 4 members (excludes halogenated alkanes) is 2. The van der Waals surface area contributed by atoms with Crippen molar-refractivity contribution in [3.8, 4) is 0 Å². The van der Waals surface area contributed by atoms with E-state index in [1.165, 1.54) is 19.3 Å². The van der Waals surface area contributed by atoms with Gasteiger partial charge < -0.3 is 0 Å². The van der Waals surface area contributed by atoms with E-state index in [0.717, 1.165) is 0 Å². The van der Waals surface area contributed by atoms with E-state index in [9.17, 15) is 0 Å². The molecule has 0 nitrogen and oxygen atoms in total. The highest BCUT2D eigenvalue weighted by Crippen LogP contribution is 1.89. The van der Waals surface area contributed by atoms with E-state index in [4.69, 9.17) is 0 Å². The molecule has 0 aliphatic rings. The second-order valence-electron chi connectivity index (χ2n) is 1.35. The lowest BCUT2D eigenvalue weighted by atomic mass is 10.3. The van der Waals surface area contributed by atoms with E-state index in [1.54, 1.807) is 0 Å². The first-order valence-corrected chi connectivity index (χ1v) is 8.84. The van der Waals surface area contributed by atoms with Crippen molar-refractivity contribution in [1.82, 2.24) is 0 Å².